The van der Waals surface area contributed by atoms with E-state index in [1.54, 1.807) is 60.7 Å². The highest BCUT2D eigenvalue weighted by Gasteiger charge is 2.35. The normalized spacial score (nSPS) is 14.4. The molecule has 0 radical (unpaired) electrons. The number of hydrogen-bond acceptors (Lipinski definition) is 7. The second kappa shape index (κ2) is 10.8. The second-order valence-corrected chi connectivity index (χ2v) is 10.6. The summed E-state index contributed by atoms with van der Waals surface area (Å²) in [6.45, 7) is 2.94. The lowest BCUT2D eigenvalue weighted by atomic mass is 9.80. The van der Waals surface area contributed by atoms with Crippen molar-refractivity contribution < 1.29 is 33.5 Å². The Morgan fingerprint density at radius 2 is 1.02 bits per heavy atom. The predicted molar refractivity (Wildman–Crippen MR) is 163 cm³/mol. The van der Waals surface area contributed by atoms with Gasteiger partial charge in [0, 0.05) is 44.5 Å². The average Bonchev–Trinajstić information content (AvgIpc) is 3.06. The first-order valence-electron chi connectivity index (χ1n) is 13.8. The number of hydrogen-bond donors (Lipinski definition) is 0. The Hall–Kier alpha value is -5.82. The van der Waals surface area contributed by atoms with E-state index in [0.29, 0.717) is 16.9 Å². The molecule has 7 nitrogen and oxygen atoms in total. The molecule has 0 saturated carbocycles. The molecule has 0 heterocycles. The minimum atomic E-state index is -0.590. The van der Waals surface area contributed by atoms with Gasteiger partial charge >= 0.3 is 0 Å². The van der Waals surface area contributed by atoms with E-state index < -0.39 is 28.9 Å². The molecule has 2 aliphatic carbocycles. The largest absolute Gasteiger partial charge is 0.497 e. The number of benzene rings is 4. The molecule has 7 heteroatoms. The van der Waals surface area contributed by atoms with Crippen LogP contribution in [-0.4, -0.2) is 41.8 Å². The Kier molecular flexibility index (Phi) is 6.94. The van der Waals surface area contributed by atoms with E-state index in [2.05, 4.69) is 0 Å². The lowest BCUT2D eigenvalue weighted by Gasteiger charge is -2.20. The second-order valence-electron chi connectivity index (χ2n) is 10.6. The van der Waals surface area contributed by atoms with Crippen molar-refractivity contribution in [3.63, 3.8) is 0 Å². The third kappa shape index (κ3) is 4.46. The van der Waals surface area contributed by atoms with Crippen molar-refractivity contribution in [1.82, 2.24) is 0 Å². The monoisotopic (exact) mass is 580 g/mol. The van der Waals surface area contributed by atoms with Crippen LogP contribution in [0.4, 0.5) is 0 Å². The van der Waals surface area contributed by atoms with Crippen LogP contribution >= 0.6 is 0 Å². The molecule has 4 aromatic carbocycles. The predicted octanol–water partition coefficient (Wildman–Crippen LogP) is 6.52. The van der Waals surface area contributed by atoms with Gasteiger partial charge in [0.25, 0.3) is 0 Å². The van der Waals surface area contributed by atoms with Crippen LogP contribution in [0.5, 0.6) is 5.75 Å². The molecule has 4 aromatic rings. The van der Waals surface area contributed by atoms with Crippen LogP contribution in [0.15, 0.2) is 113 Å². The molecule has 0 amide bonds. The molecule has 6 rings (SSSR count). The van der Waals surface area contributed by atoms with Crippen LogP contribution in [0.3, 0.4) is 0 Å². The zero-order valence-electron chi connectivity index (χ0n) is 24.0. The lowest BCUT2D eigenvalue weighted by Crippen LogP contribution is -2.26. The Morgan fingerprint density at radius 1 is 0.500 bits per heavy atom. The fourth-order valence-corrected chi connectivity index (χ4v) is 5.65. The van der Waals surface area contributed by atoms with Gasteiger partial charge in [-0.2, -0.15) is 0 Å². The molecule has 0 aliphatic heterocycles. The molecule has 0 fully saturated rings. The summed E-state index contributed by atoms with van der Waals surface area (Å²) >= 11 is 0. The van der Waals surface area contributed by atoms with Gasteiger partial charge in [-0.3, -0.25) is 28.8 Å². The Balaban J connectivity index is 1.35. The summed E-state index contributed by atoms with van der Waals surface area (Å²) in [5.41, 5.74) is 1.98. The molecule has 44 heavy (non-hydrogen) atoms. The van der Waals surface area contributed by atoms with Crippen LogP contribution in [0.1, 0.15) is 76.0 Å². The van der Waals surface area contributed by atoms with Gasteiger partial charge in [-0.1, -0.05) is 48.5 Å². The van der Waals surface area contributed by atoms with Crippen LogP contribution in [0.25, 0.3) is 11.1 Å². The molecular weight excluding hydrogens is 556 g/mol. The number of carbonyl (C=O) groups excluding carboxylic acids is 6. The molecule has 0 spiro atoms. The van der Waals surface area contributed by atoms with E-state index in [9.17, 15) is 28.8 Å². The molecule has 0 aromatic heterocycles. The van der Waals surface area contributed by atoms with Gasteiger partial charge in [-0.25, -0.2) is 0 Å². The number of fused-ring (bicyclic) bond motifs is 2. The van der Waals surface area contributed by atoms with Gasteiger partial charge in [-0.15, -0.1) is 0 Å². The molecule has 0 N–H and O–H groups in total. The topological polar surface area (TPSA) is 112 Å². The van der Waals surface area contributed by atoms with Crippen molar-refractivity contribution >= 4 is 34.7 Å². The van der Waals surface area contributed by atoms with Gasteiger partial charge in [0.1, 0.15) is 5.75 Å². The van der Waals surface area contributed by atoms with Crippen molar-refractivity contribution in [2.75, 3.05) is 7.11 Å². The van der Waals surface area contributed by atoms with E-state index in [0.717, 1.165) is 0 Å². The smallest absolute Gasteiger partial charge is 0.198 e. The van der Waals surface area contributed by atoms with Gasteiger partial charge in [0.15, 0.2) is 34.7 Å². The molecule has 0 unspecified atom stereocenters. The van der Waals surface area contributed by atoms with E-state index >= 15 is 0 Å². The molecular formula is C37H24O7. The molecule has 0 atom stereocenters. The highest BCUT2D eigenvalue weighted by atomic mass is 16.5. The van der Waals surface area contributed by atoms with Crippen molar-refractivity contribution in [2.45, 2.75) is 13.8 Å². The number of carbonyl (C=O) groups is 6. The number of methoxy groups -OCH3 is 1. The highest BCUT2D eigenvalue weighted by molar-refractivity contribution is 6.40. The number of rotatable bonds is 6. The Bertz CT molecular complexity index is 2060. The van der Waals surface area contributed by atoms with Crippen LogP contribution in [0.2, 0.25) is 0 Å². The zero-order valence-corrected chi connectivity index (χ0v) is 24.0. The van der Waals surface area contributed by atoms with Crippen LogP contribution in [0, 0.1) is 0 Å². The summed E-state index contributed by atoms with van der Waals surface area (Å²) in [4.78, 5) is 80.2. The van der Waals surface area contributed by atoms with Gasteiger partial charge < -0.3 is 4.74 Å². The fraction of sp³-hybridized carbons (Fsp3) is 0.0811. The first kappa shape index (κ1) is 28.3. The first-order valence-corrected chi connectivity index (χ1v) is 13.8. The van der Waals surface area contributed by atoms with Crippen molar-refractivity contribution in [3.8, 4) is 16.9 Å². The maximum atomic E-state index is 13.7. The first-order chi connectivity index (χ1) is 21.1. The zero-order chi connectivity index (χ0) is 31.3. The third-order valence-electron chi connectivity index (χ3n) is 8.07. The van der Waals surface area contributed by atoms with Crippen molar-refractivity contribution in [1.29, 1.82) is 0 Å². The summed E-state index contributed by atoms with van der Waals surface area (Å²) in [6.07, 6.45) is 0. The van der Waals surface area contributed by atoms with Crippen LogP contribution in [-0.2, 0) is 0 Å². The SMILES string of the molecule is COc1ccc(C(=O)C2=C(C)C(=O)c3ccc(-c4cccc(C(=O)C5=C(C)C(=O)c6ccccc6C5=O)c4)cc3C2=O)cc1. The van der Waals surface area contributed by atoms with Crippen LogP contribution < -0.4 is 4.74 Å². The third-order valence-corrected chi connectivity index (χ3v) is 8.07. The lowest BCUT2D eigenvalue weighted by molar-refractivity contribution is 0.0922. The maximum absolute atomic E-state index is 13.7. The standard InChI is InChI=1S/C37H24O7/c1-19-30(34(40)21-11-14-25(44-3)15-12-21)37(43)29-18-23(13-16-28(29)33(19)39)22-7-6-8-24(17-22)35(41)31-20(2)32(38)26-9-4-5-10-27(26)36(31)42/h4-18H,1-3H3. The van der Waals surface area contributed by atoms with Gasteiger partial charge in [-0.05, 0) is 67.4 Å². The van der Waals surface area contributed by atoms with E-state index in [-0.39, 0.29) is 61.5 Å². The quantitative estimate of drug-likeness (QED) is 0.189. The summed E-state index contributed by atoms with van der Waals surface area (Å²) < 4.78 is 5.14. The Morgan fingerprint density at radius 3 is 1.64 bits per heavy atom. The molecule has 0 saturated heterocycles. The summed E-state index contributed by atoms with van der Waals surface area (Å²) in [7, 11) is 1.50. The number of allylic oxidation sites excluding steroid dienone is 4. The van der Waals surface area contributed by atoms with Gasteiger partial charge in [0.05, 0.1) is 18.3 Å². The average molecular weight is 581 g/mol. The highest BCUT2D eigenvalue weighted by Crippen LogP contribution is 2.34. The number of ether oxygens (including phenoxy) is 1. The van der Waals surface area contributed by atoms with Crippen molar-refractivity contribution in [3.05, 3.63) is 147 Å². The van der Waals surface area contributed by atoms with E-state index in [1.807, 2.05) is 0 Å². The molecule has 214 valence electrons. The molecule has 0 bridgehead atoms. The minimum Gasteiger partial charge on any atom is -0.497 e. The number of Topliss-reactive ketones (excluding diaryl/α,β-unsaturated/α-hetero) is 6. The summed E-state index contributed by atoms with van der Waals surface area (Å²) in [5.74, 6) is -2.49. The molecule has 2 aliphatic rings. The minimum absolute atomic E-state index is 0.0700. The van der Waals surface area contributed by atoms with Crippen molar-refractivity contribution in [2.24, 2.45) is 0 Å². The van der Waals surface area contributed by atoms with Gasteiger partial charge in [0.2, 0.25) is 0 Å². The maximum Gasteiger partial charge on any atom is 0.198 e. The van der Waals surface area contributed by atoms with E-state index in [4.69, 9.17) is 4.74 Å². The van der Waals surface area contributed by atoms with E-state index in [1.165, 1.54) is 51.3 Å². The number of ketones is 6. The summed E-state index contributed by atoms with van der Waals surface area (Å²) in [6, 6.07) is 23.9. The fourth-order valence-electron chi connectivity index (χ4n) is 5.65. The summed E-state index contributed by atoms with van der Waals surface area (Å²) in [5, 5.41) is 0. The Labute approximate surface area is 252 Å².